The quantitative estimate of drug-likeness (QED) is 0.359. The molecule has 0 fully saturated rings. The second-order valence-electron chi connectivity index (χ2n) is 0.337. The van der Waals surface area contributed by atoms with Crippen LogP contribution in [0.4, 0.5) is 0 Å². The van der Waals surface area contributed by atoms with Crippen LogP contribution < -0.4 is 0 Å². The van der Waals surface area contributed by atoms with Gasteiger partial charge in [0.05, 0.1) is 0 Å². The topological polar surface area (TPSA) is 0 Å². The standard InChI is InChI=1S/CH3BClS/c3-2-1-4/h4H,1H2. The summed E-state index contributed by atoms with van der Waals surface area (Å²) in [5.41, 5.74) is 0.654. The summed E-state index contributed by atoms with van der Waals surface area (Å²) in [6.07, 6.45) is 0. The first-order valence-corrected chi connectivity index (χ1v) is 2.01. The maximum Gasteiger partial charge on any atom is 0.248 e. The minimum Gasteiger partial charge on any atom is -0.203 e. The highest BCUT2D eigenvalue weighted by Crippen LogP contribution is 1.69. The lowest BCUT2D eigenvalue weighted by atomic mass is 10.2. The Balaban J connectivity index is 1.97. The van der Waals surface area contributed by atoms with E-state index in [0.717, 1.165) is 0 Å². The van der Waals surface area contributed by atoms with Crippen LogP contribution in [0.3, 0.4) is 0 Å². The van der Waals surface area contributed by atoms with E-state index < -0.39 is 0 Å². The van der Waals surface area contributed by atoms with Gasteiger partial charge >= 0.3 is 0 Å². The van der Waals surface area contributed by atoms with Gasteiger partial charge in [0, 0.05) is 0 Å². The van der Waals surface area contributed by atoms with E-state index in [1.165, 1.54) is 6.69 Å². The third-order valence-electron chi connectivity index (χ3n) is 0.0690. The summed E-state index contributed by atoms with van der Waals surface area (Å²) in [6, 6.07) is 0. The Morgan fingerprint density at radius 1 is 2.00 bits per heavy atom. The second kappa shape index (κ2) is 3.70. The molecule has 1 radical (unpaired) electrons. The molecule has 0 aliphatic rings. The van der Waals surface area contributed by atoms with Gasteiger partial charge in [-0.15, -0.1) is 0 Å². The van der Waals surface area contributed by atoms with Crippen molar-refractivity contribution in [2.24, 2.45) is 0 Å². The van der Waals surface area contributed by atoms with Gasteiger partial charge in [0.1, 0.15) is 0 Å². The summed E-state index contributed by atoms with van der Waals surface area (Å²) in [7, 11) is 0. The molecule has 0 N–H and O–H groups in total. The van der Waals surface area contributed by atoms with E-state index >= 15 is 0 Å². The van der Waals surface area contributed by atoms with Crippen molar-refractivity contribution in [1.82, 2.24) is 0 Å². The molecular formula is CH3BClS. The summed E-state index contributed by atoms with van der Waals surface area (Å²) in [5, 5.41) is 0. The van der Waals surface area contributed by atoms with Crippen LogP contribution in [0, 0.1) is 0 Å². The van der Waals surface area contributed by atoms with Gasteiger partial charge in [0.25, 0.3) is 0 Å². The minimum atomic E-state index is 0.654. The molecule has 0 aliphatic heterocycles. The molecule has 0 aromatic heterocycles. The molecule has 0 saturated heterocycles. The lowest BCUT2D eigenvalue weighted by molar-refractivity contribution is 2.26. The van der Waals surface area contributed by atoms with Gasteiger partial charge in [-0.25, -0.2) is 11.5 Å². The summed E-state index contributed by atoms with van der Waals surface area (Å²) >= 11 is 8.72. The highest BCUT2D eigenvalue weighted by Gasteiger charge is 1.66. The van der Waals surface area contributed by atoms with Crippen LogP contribution in [-0.4, -0.2) is 12.3 Å². The average Bonchev–Trinajstić information content (AvgIpc) is 1.37. The summed E-state index contributed by atoms with van der Waals surface area (Å²) in [4.78, 5) is 0. The van der Waals surface area contributed by atoms with E-state index in [-0.39, 0.29) is 0 Å². The van der Waals surface area contributed by atoms with Crippen LogP contribution in [0.2, 0.25) is 0 Å². The number of rotatable bonds is 1. The first-order chi connectivity index (χ1) is 1.91. The van der Waals surface area contributed by atoms with Crippen molar-refractivity contribution in [3.63, 3.8) is 0 Å². The van der Waals surface area contributed by atoms with Crippen molar-refractivity contribution in [2.75, 3.05) is 5.65 Å². The molecular weight excluding hydrogens is 90.3 g/mol. The molecule has 0 spiro atoms. The first kappa shape index (κ1) is 4.70. The zero-order chi connectivity index (χ0) is 3.41. The molecule has 0 atom stereocenters. The van der Waals surface area contributed by atoms with Crippen molar-refractivity contribution >= 4 is 30.8 Å². The van der Waals surface area contributed by atoms with E-state index in [4.69, 9.17) is 11.5 Å². The molecule has 0 aromatic carbocycles. The maximum absolute atomic E-state index is 4.98. The summed E-state index contributed by atoms with van der Waals surface area (Å²) in [6.45, 7) is 1.46. The lowest BCUT2D eigenvalue weighted by Gasteiger charge is -1.60. The van der Waals surface area contributed by atoms with E-state index in [0.29, 0.717) is 5.65 Å². The Kier molecular flexibility index (Phi) is 4.36. The van der Waals surface area contributed by atoms with Gasteiger partial charge in [-0.1, -0.05) is 0 Å². The molecule has 0 amide bonds. The Labute approximate surface area is 37.1 Å². The van der Waals surface area contributed by atoms with E-state index in [9.17, 15) is 0 Å². The molecule has 0 unspecified atom stereocenters. The number of hydrogen-bond donors (Lipinski definition) is 1. The highest BCUT2D eigenvalue weighted by molar-refractivity contribution is 7.82. The normalized spacial score (nSPS) is 6.50. The zero-order valence-corrected chi connectivity index (χ0v) is 3.76. The van der Waals surface area contributed by atoms with Crippen molar-refractivity contribution in [3.8, 4) is 0 Å². The van der Waals surface area contributed by atoms with Gasteiger partial charge in [-0.05, 0) is 5.65 Å². The minimum absolute atomic E-state index is 0.654. The largest absolute Gasteiger partial charge is 0.248 e. The molecule has 23 valence electrons. The van der Waals surface area contributed by atoms with Crippen LogP contribution in [0.15, 0.2) is 0 Å². The molecule has 4 heavy (non-hydrogen) atoms. The maximum atomic E-state index is 4.98. The van der Waals surface area contributed by atoms with Gasteiger partial charge in [0.15, 0.2) is 0 Å². The van der Waals surface area contributed by atoms with Crippen molar-refractivity contribution in [2.45, 2.75) is 0 Å². The van der Waals surface area contributed by atoms with Gasteiger partial charge < -0.3 is 0 Å². The predicted octanol–water partition coefficient (Wildman–Crippen LogP) is 0.732. The third-order valence-corrected chi connectivity index (χ3v) is 0.621. The van der Waals surface area contributed by atoms with Gasteiger partial charge in [-0.2, -0.15) is 12.6 Å². The average molecular weight is 93.4 g/mol. The molecule has 0 heterocycles. The first-order valence-electron chi connectivity index (χ1n) is 0.943. The van der Waals surface area contributed by atoms with E-state index in [1.54, 1.807) is 0 Å². The molecule has 0 rings (SSSR count). The second-order valence-corrected chi connectivity index (χ2v) is 1.01. The van der Waals surface area contributed by atoms with Crippen molar-refractivity contribution in [3.05, 3.63) is 0 Å². The Morgan fingerprint density at radius 3 is 2.25 bits per heavy atom. The van der Waals surface area contributed by atoms with E-state index in [1.807, 2.05) is 0 Å². The van der Waals surface area contributed by atoms with Crippen LogP contribution in [0.1, 0.15) is 0 Å². The SMILES string of the molecule is SC[B]Cl. The summed E-state index contributed by atoms with van der Waals surface area (Å²) in [5.74, 6) is 0. The van der Waals surface area contributed by atoms with Crippen molar-refractivity contribution in [1.29, 1.82) is 0 Å². The lowest BCUT2D eigenvalue weighted by Crippen LogP contribution is -1.71. The number of halogens is 1. The molecule has 3 heteroatoms. The fourth-order valence-corrected chi connectivity index (χ4v) is 0. The molecule has 0 aromatic rings. The fourth-order valence-electron chi connectivity index (χ4n) is 0. The van der Waals surface area contributed by atoms with Crippen LogP contribution in [-0.2, 0) is 0 Å². The number of thiol groups is 1. The zero-order valence-electron chi connectivity index (χ0n) is 2.11. The Bertz CT molecular complexity index is 10.0. The third kappa shape index (κ3) is 2.70. The Hall–Kier alpha value is 0.705. The number of hydrogen-bond acceptors (Lipinski definition) is 1. The molecule has 0 aliphatic carbocycles. The monoisotopic (exact) mass is 93.0 g/mol. The van der Waals surface area contributed by atoms with Crippen molar-refractivity contribution < 1.29 is 0 Å². The fraction of sp³-hybridized carbons (Fsp3) is 1.00. The molecule has 0 saturated carbocycles. The Morgan fingerprint density at radius 2 is 2.25 bits per heavy atom. The van der Waals surface area contributed by atoms with Gasteiger partial charge in [0.2, 0.25) is 6.69 Å². The van der Waals surface area contributed by atoms with E-state index in [2.05, 4.69) is 12.6 Å². The smallest absolute Gasteiger partial charge is 0.203 e. The summed E-state index contributed by atoms with van der Waals surface area (Å²) < 4.78 is 0. The molecule has 0 bridgehead atoms. The predicted molar refractivity (Wildman–Crippen MR) is 25.5 cm³/mol. The van der Waals surface area contributed by atoms with Crippen LogP contribution in [0.5, 0.6) is 0 Å². The van der Waals surface area contributed by atoms with Gasteiger partial charge in [-0.3, -0.25) is 0 Å². The van der Waals surface area contributed by atoms with Crippen LogP contribution in [0.25, 0.3) is 0 Å². The van der Waals surface area contributed by atoms with Crippen LogP contribution >= 0.6 is 24.1 Å². The molecule has 0 nitrogen and oxygen atoms in total. The highest BCUT2D eigenvalue weighted by atomic mass is 35.5.